The summed E-state index contributed by atoms with van der Waals surface area (Å²) in [4.78, 5) is 61.5. The normalized spacial score (nSPS) is 22.0. The molecule has 626 valence electrons. The fourth-order valence-electron chi connectivity index (χ4n) is 15.5. The van der Waals surface area contributed by atoms with Gasteiger partial charge in [0.25, 0.3) is 0 Å². The molecule has 112 heavy (non-hydrogen) atoms. The third-order valence-corrected chi connectivity index (χ3v) is 22.4. The summed E-state index contributed by atoms with van der Waals surface area (Å²) in [7, 11) is -9.75. The Bertz CT molecular complexity index is 3770. The summed E-state index contributed by atoms with van der Waals surface area (Å²) in [5.41, 5.74) is 6.49. The van der Waals surface area contributed by atoms with Gasteiger partial charge in [0.1, 0.15) is 30.8 Å². The largest absolute Gasteiger partial charge is 0.724 e. The number of nitrogens with zero attached hydrogens (tertiary/aromatic N) is 17. The molecule has 0 aliphatic carbocycles. The molecule has 0 saturated carbocycles. The van der Waals surface area contributed by atoms with Crippen molar-refractivity contribution in [3.05, 3.63) is 83.0 Å². The highest BCUT2D eigenvalue weighted by Gasteiger charge is 2.52. The number of hydrogen-bond donors (Lipinski definition) is 3. The third-order valence-electron chi connectivity index (χ3n) is 21.7. The van der Waals surface area contributed by atoms with Crippen LogP contribution in [0.1, 0.15) is 299 Å². The van der Waals surface area contributed by atoms with Crippen LogP contribution in [0.25, 0.3) is 0 Å². The molecule has 12 heterocycles. The molecule has 0 unspecified atom stereocenters. The number of amides is 8. The first-order chi connectivity index (χ1) is 54.0. The second-order valence-corrected chi connectivity index (χ2v) is 32.2. The van der Waals surface area contributed by atoms with Crippen molar-refractivity contribution >= 4 is 44.9 Å². The predicted octanol–water partition coefficient (Wildman–Crippen LogP) is 12.2. The Morgan fingerprint density at radius 3 is 1.11 bits per heavy atom. The van der Waals surface area contributed by atoms with Gasteiger partial charge in [-0.15, -0.1) is 45.1 Å². The fraction of sp³-hybridized carbons (Fsp3) is 0.757. The van der Waals surface area contributed by atoms with Crippen LogP contribution in [0.3, 0.4) is 0 Å². The van der Waals surface area contributed by atoms with Gasteiger partial charge < -0.3 is 52.0 Å². The van der Waals surface area contributed by atoms with Crippen molar-refractivity contribution in [3.8, 4) is 0 Å². The van der Waals surface area contributed by atoms with Gasteiger partial charge in [-0.2, -0.15) is 27.9 Å². The van der Waals surface area contributed by atoms with E-state index < -0.39 is 57.0 Å². The third kappa shape index (κ3) is 24.5. The molecular formula is C74H120N18O18S2. The zero-order chi connectivity index (χ0) is 80.4. The highest BCUT2D eigenvalue weighted by Crippen LogP contribution is 2.42. The molecular weight excluding hydrogens is 1490 g/mol. The van der Waals surface area contributed by atoms with Crippen molar-refractivity contribution in [1.29, 1.82) is 0 Å². The molecule has 8 fully saturated rings. The van der Waals surface area contributed by atoms with E-state index in [-0.39, 0.29) is 49.3 Å². The predicted molar refractivity (Wildman–Crippen MR) is 403 cm³/mol. The number of carbonyl (C=O) groups excluding carboxylic acids is 4. The zero-order valence-corrected chi connectivity index (χ0v) is 68.1. The van der Waals surface area contributed by atoms with Crippen molar-refractivity contribution in [3.63, 3.8) is 0 Å². The highest BCUT2D eigenvalue weighted by atomic mass is 32.3. The second-order valence-electron chi connectivity index (χ2n) is 30.2. The van der Waals surface area contributed by atoms with Crippen LogP contribution in [0.5, 0.6) is 0 Å². The molecule has 36 nitrogen and oxygen atoms in total. The summed E-state index contributed by atoms with van der Waals surface area (Å²) in [6, 6.07) is 5.99. The molecule has 8 amide bonds. The Morgan fingerprint density at radius 1 is 0.438 bits per heavy atom. The summed E-state index contributed by atoms with van der Waals surface area (Å²) in [6.07, 6.45) is 30.7. The quantitative estimate of drug-likeness (QED) is 0.0108. The van der Waals surface area contributed by atoms with Gasteiger partial charge in [0, 0.05) is 51.9 Å². The van der Waals surface area contributed by atoms with E-state index in [0.717, 1.165) is 120 Å². The lowest BCUT2D eigenvalue weighted by molar-refractivity contribution is -0.929. The number of piperidine rings is 4. The first kappa shape index (κ1) is 88.4. The maximum atomic E-state index is 12.8. The summed E-state index contributed by atoms with van der Waals surface area (Å²) < 4.78 is 95.7. The summed E-state index contributed by atoms with van der Waals surface area (Å²) in [5.74, 6) is 4.03. The van der Waals surface area contributed by atoms with E-state index >= 15 is 0 Å². The van der Waals surface area contributed by atoms with E-state index in [0.29, 0.717) is 122 Å². The molecule has 5 aromatic rings. The van der Waals surface area contributed by atoms with Crippen molar-refractivity contribution < 1.29 is 85.9 Å². The number of fused-ring (bicyclic) bond motifs is 8. The van der Waals surface area contributed by atoms with Crippen LogP contribution < -0.4 is 5.73 Å². The van der Waals surface area contributed by atoms with E-state index in [9.17, 15) is 45.8 Å². The van der Waals surface area contributed by atoms with Crippen LogP contribution in [0, 0.1) is 0 Å². The van der Waals surface area contributed by atoms with Gasteiger partial charge >= 0.3 is 34.5 Å². The molecule has 4 N–H and O–H groups in total. The number of hydroxylamine groups is 8. The maximum Gasteiger partial charge on any atom is 0.418 e. The lowest BCUT2D eigenvalue weighted by Gasteiger charge is -2.39. The number of quaternary nitrogens is 1. The smallest absolute Gasteiger partial charge is 0.418 e. The monoisotopic (exact) mass is 1610 g/mol. The van der Waals surface area contributed by atoms with Crippen LogP contribution in [-0.4, -0.2) is 223 Å². The highest BCUT2D eigenvalue weighted by molar-refractivity contribution is 7.81. The Labute approximate surface area is 658 Å². The number of aromatic nitrogens is 8. The van der Waals surface area contributed by atoms with Gasteiger partial charge in [0.15, 0.2) is 0 Å². The Kier molecular flexibility index (Phi) is 34.1. The molecule has 8 bridgehead atoms. The minimum Gasteiger partial charge on any atom is -0.724 e. The van der Waals surface area contributed by atoms with Gasteiger partial charge in [-0.25, -0.2) is 32.7 Å². The van der Waals surface area contributed by atoms with Gasteiger partial charge in [-0.3, -0.25) is 14.6 Å². The van der Waals surface area contributed by atoms with Crippen molar-refractivity contribution in [2.24, 2.45) is 5.73 Å². The molecule has 8 saturated heterocycles. The molecule has 0 radical (unpaired) electrons. The van der Waals surface area contributed by atoms with Crippen molar-refractivity contribution in [2.45, 2.75) is 302 Å². The van der Waals surface area contributed by atoms with E-state index in [1.165, 1.54) is 96.9 Å². The fourth-order valence-corrected chi connectivity index (χ4v) is 16.3. The van der Waals surface area contributed by atoms with Crippen molar-refractivity contribution in [1.82, 2.24) is 80.6 Å². The number of carbonyl (C=O) groups is 4. The van der Waals surface area contributed by atoms with Gasteiger partial charge in [0.05, 0.1) is 50.3 Å². The van der Waals surface area contributed by atoms with Crippen molar-refractivity contribution in [2.75, 3.05) is 58.9 Å². The van der Waals surface area contributed by atoms with Crippen LogP contribution >= 0.6 is 0 Å². The molecule has 0 spiro atoms. The Balaban J connectivity index is 0.000000162. The number of urea groups is 4. The van der Waals surface area contributed by atoms with E-state index in [1.807, 2.05) is 35.2 Å². The standard InChI is InChI=1S/C20H26N4O3.C16H36N.C13H20N4O6S.C13H20N4O3.C12H19N5O6S/c1-2-3-5-10-18-21-22-19(27-18)17-12-11-16-13-23(17)20(25)24(16)26-14-15-8-6-4-7-9-15;1-5-9-13-17(14-10-6-2,15-11-7-3)16-12-8-4;1-2-3-4-5-11-14-15-12(22-11)10-7-6-9-8-16(10)13(18)17(9)23-24(19,20)21;1-2-3-4-5-11-14-15-12(20-11)10-7-6-9-8-16(10)13(18)17(9)19;13-6-2-1-3-10-14-15-11(22-10)9-5-4-8-7-16(9)12(18)17(8)23-24(19,20)21/h4,6-9,16-17H,2-3,5,10-14H2,1H3;5-16H2,1-4H3;9-10H,2-8H2,1H3,(H,19,20,21);9-10,19H,2-8H2,1H3;8-9H,1-7,13H2,(H,19,20,21)/q;+1;;;/p-1/t16-,17+;;2*9-,10+;8-,9+/m1.111/s1. The van der Waals surface area contributed by atoms with Crippen LogP contribution in [0.2, 0.25) is 0 Å². The summed E-state index contributed by atoms with van der Waals surface area (Å²) >= 11 is 0. The molecule has 1 aromatic carbocycles. The Hall–Kier alpha value is -7.56. The van der Waals surface area contributed by atoms with E-state index in [1.54, 1.807) is 4.90 Å². The molecule has 4 aromatic heterocycles. The second kappa shape index (κ2) is 43.2. The molecule has 8 atom stereocenters. The number of unbranched alkanes of at least 4 members (excludes halogenated alkanes) is 11. The van der Waals surface area contributed by atoms with Gasteiger partial charge in [-0.1, -0.05) is 143 Å². The molecule has 8 aliphatic rings. The minimum absolute atomic E-state index is 0.0874. The number of benzene rings is 1. The van der Waals surface area contributed by atoms with Gasteiger partial charge in [0.2, 0.25) is 57.5 Å². The first-order valence-corrected chi connectivity index (χ1v) is 43.6. The maximum absolute atomic E-state index is 12.8. The zero-order valence-electron chi connectivity index (χ0n) is 66.4. The number of nitrogens with two attached hydrogens (primary N) is 1. The lowest BCUT2D eigenvalue weighted by atomic mass is 10.0. The first-order valence-electron chi connectivity index (χ1n) is 40.9. The van der Waals surface area contributed by atoms with Gasteiger partial charge in [-0.05, 0) is 121 Å². The topological polar surface area (TPSA) is 435 Å². The lowest BCUT2D eigenvalue weighted by Crippen LogP contribution is -2.50. The van der Waals surface area contributed by atoms with E-state index in [2.05, 4.69) is 97.8 Å². The number of aryl methyl sites for hydroxylation is 4. The SMILES string of the molecule is CCCCCc1nnc([C@@H]2CC[C@@H]3CN2C(=O)N3O)o1.CCCCCc1nnc([C@@H]2CC[C@@H]3CN2C(=O)N3OCc2ccccc2)o1.CCCCCc1nnc([C@@H]2CC[C@@H]3CN2C(=O)N3OS(=O)(=O)[O-])o1.CCCC[N+](CCCC)(CCCC)CCCC.NCCCCc1nnc([C@@H]2CC[C@@H]3CN2C(=O)N3OS(=O)(=O)O)o1. The molecule has 38 heteroatoms. The van der Waals surface area contributed by atoms with Crippen LogP contribution in [-0.2, 0) is 66.5 Å². The Morgan fingerprint density at radius 2 is 0.759 bits per heavy atom. The van der Waals surface area contributed by atoms with Crippen LogP contribution in [0.15, 0.2) is 48.0 Å². The summed E-state index contributed by atoms with van der Waals surface area (Å²) in [5, 5.41) is 45.9. The average Bonchev–Trinajstić information content (AvgIpc) is 1.64. The molecule has 13 rings (SSSR count). The van der Waals surface area contributed by atoms with Crippen LogP contribution in [0.4, 0.5) is 19.2 Å². The average molecular weight is 1610 g/mol. The van der Waals surface area contributed by atoms with E-state index in [4.69, 9.17) is 32.8 Å². The molecule has 8 aliphatic heterocycles. The number of hydrogen-bond acceptors (Lipinski definition) is 26. The number of rotatable bonds is 39. The summed E-state index contributed by atoms with van der Waals surface area (Å²) in [6.45, 7) is 24.1. The minimum atomic E-state index is -4.99.